The highest BCUT2D eigenvalue weighted by Crippen LogP contribution is 2.10. The largest absolute Gasteiger partial charge is 0.353 e. The zero-order valence-electron chi connectivity index (χ0n) is 10.7. The molecular weight excluding hydrogens is 200 g/mol. The first-order valence-electron chi connectivity index (χ1n) is 6.76. The summed E-state index contributed by atoms with van der Waals surface area (Å²) in [5.74, 6) is 0.828. The Balaban J connectivity index is 2.19. The Kier molecular flexibility index (Phi) is 6.46. The number of amides is 1. The van der Waals surface area contributed by atoms with Crippen LogP contribution in [0.4, 0.5) is 0 Å². The van der Waals surface area contributed by atoms with Gasteiger partial charge in [0, 0.05) is 12.5 Å². The summed E-state index contributed by atoms with van der Waals surface area (Å²) in [7, 11) is 0. The van der Waals surface area contributed by atoms with Crippen LogP contribution in [0.2, 0.25) is 0 Å². The van der Waals surface area contributed by atoms with Crippen molar-refractivity contribution in [3.63, 3.8) is 0 Å². The molecule has 94 valence electrons. The van der Waals surface area contributed by atoms with Crippen LogP contribution in [0.3, 0.4) is 0 Å². The van der Waals surface area contributed by atoms with Gasteiger partial charge in [0.25, 0.3) is 0 Å². The SMILES string of the molecule is CCCCC(CCC)NC(=O)CC1CNC1. The normalized spacial score (nSPS) is 17.9. The molecular formula is C13H26N2O. The summed E-state index contributed by atoms with van der Waals surface area (Å²) in [6.45, 7) is 6.41. The Morgan fingerprint density at radius 2 is 2.06 bits per heavy atom. The fourth-order valence-electron chi connectivity index (χ4n) is 2.13. The monoisotopic (exact) mass is 226 g/mol. The van der Waals surface area contributed by atoms with Crippen LogP contribution in [-0.4, -0.2) is 25.0 Å². The second-order valence-electron chi connectivity index (χ2n) is 4.92. The summed E-state index contributed by atoms with van der Waals surface area (Å²) in [6.07, 6.45) is 6.55. The van der Waals surface area contributed by atoms with Gasteiger partial charge in [0.1, 0.15) is 0 Å². The summed E-state index contributed by atoms with van der Waals surface area (Å²) >= 11 is 0. The van der Waals surface area contributed by atoms with E-state index in [0.717, 1.165) is 32.4 Å². The molecule has 0 aromatic heterocycles. The Hall–Kier alpha value is -0.570. The summed E-state index contributed by atoms with van der Waals surface area (Å²) < 4.78 is 0. The molecule has 1 fully saturated rings. The van der Waals surface area contributed by atoms with Crippen molar-refractivity contribution in [1.82, 2.24) is 10.6 Å². The van der Waals surface area contributed by atoms with Crippen molar-refractivity contribution in [2.75, 3.05) is 13.1 Å². The number of nitrogens with one attached hydrogen (secondary N) is 2. The first kappa shape index (κ1) is 13.5. The number of hydrogen-bond acceptors (Lipinski definition) is 2. The maximum atomic E-state index is 11.8. The fourth-order valence-corrected chi connectivity index (χ4v) is 2.13. The van der Waals surface area contributed by atoms with Crippen molar-refractivity contribution in [3.8, 4) is 0 Å². The van der Waals surface area contributed by atoms with E-state index >= 15 is 0 Å². The minimum atomic E-state index is 0.251. The molecule has 3 heteroatoms. The van der Waals surface area contributed by atoms with E-state index in [1.807, 2.05) is 0 Å². The van der Waals surface area contributed by atoms with Gasteiger partial charge in [0.2, 0.25) is 5.91 Å². The van der Waals surface area contributed by atoms with Crippen molar-refractivity contribution in [2.24, 2.45) is 5.92 Å². The van der Waals surface area contributed by atoms with Crippen molar-refractivity contribution >= 4 is 5.91 Å². The second-order valence-corrected chi connectivity index (χ2v) is 4.92. The van der Waals surface area contributed by atoms with Crippen LogP contribution in [0.5, 0.6) is 0 Å². The highest BCUT2D eigenvalue weighted by Gasteiger charge is 2.21. The number of unbranched alkanes of at least 4 members (excludes halogenated alkanes) is 1. The molecule has 0 spiro atoms. The van der Waals surface area contributed by atoms with Gasteiger partial charge >= 0.3 is 0 Å². The van der Waals surface area contributed by atoms with Crippen molar-refractivity contribution < 1.29 is 4.79 Å². The predicted molar refractivity (Wildman–Crippen MR) is 67.3 cm³/mol. The Morgan fingerprint density at radius 3 is 2.56 bits per heavy atom. The average Bonchev–Trinajstić information content (AvgIpc) is 2.20. The molecule has 3 nitrogen and oxygen atoms in total. The van der Waals surface area contributed by atoms with E-state index < -0.39 is 0 Å². The lowest BCUT2D eigenvalue weighted by Crippen LogP contribution is -2.45. The van der Waals surface area contributed by atoms with E-state index in [4.69, 9.17) is 0 Å². The zero-order valence-corrected chi connectivity index (χ0v) is 10.7. The summed E-state index contributed by atoms with van der Waals surface area (Å²) in [5.41, 5.74) is 0. The molecule has 0 saturated carbocycles. The summed E-state index contributed by atoms with van der Waals surface area (Å²) in [4.78, 5) is 11.8. The first-order chi connectivity index (χ1) is 7.76. The summed E-state index contributed by atoms with van der Waals surface area (Å²) in [5, 5.41) is 6.38. The van der Waals surface area contributed by atoms with Gasteiger partial charge in [-0.1, -0.05) is 33.1 Å². The van der Waals surface area contributed by atoms with Gasteiger partial charge in [-0.05, 0) is 31.8 Å². The topological polar surface area (TPSA) is 41.1 Å². The van der Waals surface area contributed by atoms with E-state index in [2.05, 4.69) is 24.5 Å². The molecule has 1 atom stereocenters. The molecule has 1 aliphatic rings. The molecule has 0 aromatic carbocycles. The van der Waals surface area contributed by atoms with Crippen molar-refractivity contribution in [3.05, 3.63) is 0 Å². The highest BCUT2D eigenvalue weighted by molar-refractivity contribution is 5.76. The molecule has 0 bridgehead atoms. The third-order valence-electron chi connectivity index (χ3n) is 3.25. The minimum absolute atomic E-state index is 0.251. The van der Waals surface area contributed by atoms with E-state index in [9.17, 15) is 4.79 Å². The molecule has 1 amide bonds. The smallest absolute Gasteiger partial charge is 0.220 e. The Labute approximate surface area is 99.4 Å². The summed E-state index contributed by atoms with van der Waals surface area (Å²) in [6, 6.07) is 0.408. The number of rotatable bonds is 8. The Morgan fingerprint density at radius 1 is 1.31 bits per heavy atom. The van der Waals surface area contributed by atoms with Crippen LogP contribution < -0.4 is 10.6 Å². The van der Waals surface area contributed by atoms with Crippen molar-refractivity contribution in [2.45, 2.75) is 58.4 Å². The molecule has 2 N–H and O–H groups in total. The van der Waals surface area contributed by atoms with Crippen LogP contribution in [-0.2, 0) is 4.79 Å². The molecule has 0 aliphatic carbocycles. The minimum Gasteiger partial charge on any atom is -0.353 e. The van der Waals surface area contributed by atoms with Gasteiger partial charge in [-0.15, -0.1) is 0 Å². The molecule has 1 saturated heterocycles. The van der Waals surface area contributed by atoms with Gasteiger partial charge in [0.15, 0.2) is 0 Å². The number of hydrogen-bond donors (Lipinski definition) is 2. The van der Waals surface area contributed by atoms with Gasteiger partial charge in [-0.2, -0.15) is 0 Å². The van der Waals surface area contributed by atoms with E-state index in [-0.39, 0.29) is 5.91 Å². The third kappa shape index (κ3) is 4.97. The average molecular weight is 226 g/mol. The lowest BCUT2D eigenvalue weighted by Gasteiger charge is -2.27. The fraction of sp³-hybridized carbons (Fsp3) is 0.923. The highest BCUT2D eigenvalue weighted by atomic mass is 16.1. The third-order valence-corrected chi connectivity index (χ3v) is 3.25. The van der Waals surface area contributed by atoms with Gasteiger partial charge in [-0.3, -0.25) is 4.79 Å². The standard InChI is InChI=1S/C13H26N2O/c1-3-5-7-12(6-4-2)15-13(16)8-11-9-14-10-11/h11-12,14H,3-10H2,1-2H3,(H,15,16). The molecule has 16 heavy (non-hydrogen) atoms. The van der Waals surface area contributed by atoms with Gasteiger partial charge < -0.3 is 10.6 Å². The quantitative estimate of drug-likeness (QED) is 0.665. The Bertz CT molecular complexity index is 202. The van der Waals surface area contributed by atoms with E-state index in [1.165, 1.54) is 12.8 Å². The lowest BCUT2D eigenvalue weighted by molar-refractivity contribution is -0.123. The number of carbonyl (C=O) groups is 1. The predicted octanol–water partition coefficient (Wildman–Crippen LogP) is 2.07. The second kappa shape index (κ2) is 7.66. The van der Waals surface area contributed by atoms with Crippen LogP contribution in [0.1, 0.15) is 52.4 Å². The molecule has 1 heterocycles. The van der Waals surface area contributed by atoms with E-state index in [1.54, 1.807) is 0 Å². The van der Waals surface area contributed by atoms with Gasteiger partial charge in [0.05, 0.1) is 0 Å². The van der Waals surface area contributed by atoms with Crippen LogP contribution >= 0.6 is 0 Å². The molecule has 0 aromatic rings. The van der Waals surface area contributed by atoms with Crippen LogP contribution in [0.25, 0.3) is 0 Å². The van der Waals surface area contributed by atoms with Crippen LogP contribution in [0, 0.1) is 5.92 Å². The molecule has 1 rings (SSSR count). The first-order valence-corrected chi connectivity index (χ1v) is 6.76. The molecule has 1 unspecified atom stereocenters. The molecule has 0 radical (unpaired) electrons. The lowest BCUT2D eigenvalue weighted by atomic mass is 9.98. The van der Waals surface area contributed by atoms with Crippen LogP contribution in [0.15, 0.2) is 0 Å². The number of carbonyl (C=O) groups excluding carboxylic acids is 1. The van der Waals surface area contributed by atoms with Crippen molar-refractivity contribution in [1.29, 1.82) is 0 Å². The maximum absolute atomic E-state index is 11.8. The molecule has 1 aliphatic heterocycles. The maximum Gasteiger partial charge on any atom is 0.220 e. The van der Waals surface area contributed by atoms with Gasteiger partial charge in [-0.25, -0.2) is 0 Å². The van der Waals surface area contributed by atoms with E-state index in [0.29, 0.717) is 18.4 Å². The zero-order chi connectivity index (χ0) is 11.8.